The number of rotatable bonds is 7. The summed E-state index contributed by atoms with van der Waals surface area (Å²) in [4.78, 5) is 15.1. The van der Waals surface area contributed by atoms with Gasteiger partial charge in [0, 0.05) is 0 Å². The number of alkyl halides is 3. The Morgan fingerprint density at radius 1 is 1.20 bits per heavy atom. The highest BCUT2D eigenvalue weighted by molar-refractivity contribution is 5.74. The maximum absolute atomic E-state index is 11.7. The number of hydrogen-bond acceptors (Lipinski definition) is 4. The zero-order valence-corrected chi connectivity index (χ0v) is 10.7. The maximum Gasteiger partial charge on any atom is 0.414 e. The quantitative estimate of drug-likeness (QED) is 0.782. The second kappa shape index (κ2) is 7.59. The van der Waals surface area contributed by atoms with E-state index in [-0.39, 0.29) is 13.0 Å². The van der Waals surface area contributed by atoms with Gasteiger partial charge >= 0.3 is 6.18 Å². The van der Waals surface area contributed by atoms with Crippen LogP contribution in [0.4, 0.5) is 13.2 Å². The fraction of sp³-hybridized carbons (Fsp3) is 0.417. The molecule has 0 fully saturated rings. The van der Waals surface area contributed by atoms with Gasteiger partial charge in [-0.1, -0.05) is 0 Å². The van der Waals surface area contributed by atoms with Crippen LogP contribution in [0.2, 0.25) is 0 Å². The molecule has 1 rings (SSSR count). The van der Waals surface area contributed by atoms with Gasteiger partial charge in [-0.05, 0) is 24.3 Å². The molecule has 0 aliphatic rings. The lowest BCUT2D eigenvalue weighted by molar-refractivity contribution is -0.191. The summed E-state index contributed by atoms with van der Waals surface area (Å²) < 4.78 is 45.4. The standard InChI is InChI=1S/C12H14F3NO4/c1-18-9-2-4-10(5-3-9)19-7-6-11(17)16-20-8-12(13,14)15/h2-5H,6-8H2,1H3,(H,16,17). The summed E-state index contributed by atoms with van der Waals surface area (Å²) in [6.07, 6.45) is -4.60. The predicted octanol–water partition coefficient (Wildman–Crippen LogP) is 2.07. The molecule has 1 amide bonds. The van der Waals surface area contributed by atoms with E-state index in [0.29, 0.717) is 11.5 Å². The molecule has 0 spiro atoms. The molecule has 0 aromatic heterocycles. The van der Waals surface area contributed by atoms with Crippen molar-refractivity contribution in [2.24, 2.45) is 0 Å². The molecule has 112 valence electrons. The van der Waals surface area contributed by atoms with E-state index in [1.807, 2.05) is 0 Å². The summed E-state index contributed by atoms with van der Waals surface area (Å²) in [7, 11) is 1.53. The molecule has 0 heterocycles. The van der Waals surface area contributed by atoms with Crippen molar-refractivity contribution in [1.29, 1.82) is 0 Å². The number of benzene rings is 1. The molecule has 5 nitrogen and oxygen atoms in total. The molecule has 0 bridgehead atoms. The van der Waals surface area contributed by atoms with Crippen molar-refractivity contribution >= 4 is 5.91 Å². The second-order valence-electron chi connectivity index (χ2n) is 3.70. The van der Waals surface area contributed by atoms with E-state index in [1.54, 1.807) is 29.7 Å². The molecule has 8 heteroatoms. The van der Waals surface area contributed by atoms with E-state index < -0.39 is 18.7 Å². The fourth-order valence-electron chi connectivity index (χ4n) is 1.18. The summed E-state index contributed by atoms with van der Waals surface area (Å²) in [5.41, 5.74) is 1.68. The number of hydrogen-bond donors (Lipinski definition) is 1. The van der Waals surface area contributed by atoms with Crippen molar-refractivity contribution in [3.05, 3.63) is 24.3 Å². The number of ether oxygens (including phenoxy) is 2. The highest BCUT2D eigenvalue weighted by Crippen LogP contribution is 2.17. The first-order valence-corrected chi connectivity index (χ1v) is 5.65. The lowest BCUT2D eigenvalue weighted by Crippen LogP contribution is -2.30. The molecule has 0 aliphatic carbocycles. The zero-order chi connectivity index (χ0) is 15.0. The molecule has 1 aromatic carbocycles. The first-order chi connectivity index (χ1) is 9.40. The van der Waals surface area contributed by atoms with Crippen LogP contribution in [0.1, 0.15) is 6.42 Å². The number of halogens is 3. The van der Waals surface area contributed by atoms with Crippen molar-refractivity contribution < 1.29 is 32.3 Å². The van der Waals surface area contributed by atoms with Crippen molar-refractivity contribution in [3.8, 4) is 11.5 Å². The van der Waals surface area contributed by atoms with Gasteiger partial charge in [-0.25, -0.2) is 5.48 Å². The molecule has 0 unspecified atom stereocenters. The number of amides is 1. The summed E-state index contributed by atoms with van der Waals surface area (Å²) in [6.45, 7) is -1.51. The Morgan fingerprint density at radius 2 is 1.80 bits per heavy atom. The summed E-state index contributed by atoms with van der Waals surface area (Å²) in [6, 6.07) is 6.66. The molecule has 0 radical (unpaired) electrons. The number of methoxy groups -OCH3 is 1. The van der Waals surface area contributed by atoms with Crippen LogP contribution in [-0.4, -0.2) is 32.4 Å². The molecule has 0 aliphatic heterocycles. The third-order valence-electron chi connectivity index (χ3n) is 2.08. The Kier molecular flexibility index (Phi) is 6.10. The maximum atomic E-state index is 11.7. The topological polar surface area (TPSA) is 56.8 Å². The van der Waals surface area contributed by atoms with E-state index >= 15 is 0 Å². The molecular weight excluding hydrogens is 279 g/mol. The fourth-order valence-corrected chi connectivity index (χ4v) is 1.18. The number of carbonyl (C=O) groups excluding carboxylic acids is 1. The van der Waals surface area contributed by atoms with Gasteiger partial charge in [0.2, 0.25) is 5.91 Å². The molecule has 1 aromatic rings. The van der Waals surface area contributed by atoms with Crippen LogP contribution in [0, 0.1) is 0 Å². The first kappa shape index (κ1) is 16.1. The summed E-state index contributed by atoms with van der Waals surface area (Å²) >= 11 is 0. The molecular formula is C12H14F3NO4. The minimum atomic E-state index is -4.48. The van der Waals surface area contributed by atoms with E-state index in [9.17, 15) is 18.0 Å². The lowest BCUT2D eigenvalue weighted by atomic mass is 10.3. The van der Waals surface area contributed by atoms with Crippen molar-refractivity contribution in [2.75, 3.05) is 20.3 Å². The van der Waals surface area contributed by atoms with Crippen LogP contribution < -0.4 is 15.0 Å². The Balaban J connectivity index is 2.18. The number of nitrogens with one attached hydrogen (secondary N) is 1. The normalized spacial score (nSPS) is 11.0. The molecule has 0 saturated carbocycles. The van der Waals surface area contributed by atoms with Gasteiger partial charge < -0.3 is 9.47 Å². The SMILES string of the molecule is COc1ccc(OCCC(=O)NOCC(F)(F)F)cc1. The van der Waals surface area contributed by atoms with Crippen LogP contribution in [0.3, 0.4) is 0 Å². The molecule has 20 heavy (non-hydrogen) atoms. The average molecular weight is 293 g/mol. The van der Waals surface area contributed by atoms with Crippen LogP contribution in [0.25, 0.3) is 0 Å². The van der Waals surface area contributed by atoms with Gasteiger partial charge in [-0.2, -0.15) is 13.2 Å². The van der Waals surface area contributed by atoms with Gasteiger partial charge in [0.1, 0.15) is 11.5 Å². The Labute approximate surface area is 113 Å². The summed E-state index contributed by atoms with van der Waals surface area (Å²) in [5, 5.41) is 0. The Morgan fingerprint density at radius 3 is 2.35 bits per heavy atom. The minimum Gasteiger partial charge on any atom is -0.497 e. The van der Waals surface area contributed by atoms with Gasteiger partial charge in [0.15, 0.2) is 6.61 Å². The van der Waals surface area contributed by atoms with Crippen molar-refractivity contribution in [2.45, 2.75) is 12.6 Å². The monoisotopic (exact) mass is 293 g/mol. The molecule has 1 N–H and O–H groups in total. The highest BCUT2D eigenvalue weighted by atomic mass is 19.4. The van der Waals surface area contributed by atoms with Crippen LogP contribution in [0.15, 0.2) is 24.3 Å². The van der Waals surface area contributed by atoms with Crippen LogP contribution in [-0.2, 0) is 9.63 Å². The first-order valence-electron chi connectivity index (χ1n) is 5.65. The van der Waals surface area contributed by atoms with Crippen molar-refractivity contribution in [1.82, 2.24) is 5.48 Å². The number of carbonyl (C=O) groups is 1. The third kappa shape index (κ3) is 6.83. The van der Waals surface area contributed by atoms with Crippen LogP contribution >= 0.6 is 0 Å². The zero-order valence-electron chi connectivity index (χ0n) is 10.7. The van der Waals surface area contributed by atoms with Gasteiger partial charge in [0.05, 0.1) is 20.1 Å². The van der Waals surface area contributed by atoms with E-state index in [4.69, 9.17) is 9.47 Å². The average Bonchev–Trinajstić information content (AvgIpc) is 2.38. The van der Waals surface area contributed by atoms with Gasteiger partial charge in [0.25, 0.3) is 0 Å². The Bertz CT molecular complexity index is 420. The predicted molar refractivity (Wildman–Crippen MR) is 63.3 cm³/mol. The van der Waals surface area contributed by atoms with E-state index in [1.165, 1.54) is 7.11 Å². The lowest BCUT2D eigenvalue weighted by Gasteiger charge is -2.09. The highest BCUT2D eigenvalue weighted by Gasteiger charge is 2.28. The van der Waals surface area contributed by atoms with Crippen molar-refractivity contribution in [3.63, 3.8) is 0 Å². The van der Waals surface area contributed by atoms with Crippen LogP contribution in [0.5, 0.6) is 11.5 Å². The summed E-state index contributed by atoms with van der Waals surface area (Å²) in [5.74, 6) is 0.494. The third-order valence-corrected chi connectivity index (χ3v) is 2.08. The van der Waals surface area contributed by atoms with Gasteiger partial charge in [-0.3, -0.25) is 9.63 Å². The molecule has 0 saturated heterocycles. The van der Waals surface area contributed by atoms with E-state index in [2.05, 4.69) is 4.84 Å². The molecule has 0 atom stereocenters. The number of hydroxylamine groups is 1. The van der Waals surface area contributed by atoms with Gasteiger partial charge in [-0.15, -0.1) is 0 Å². The van der Waals surface area contributed by atoms with E-state index in [0.717, 1.165) is 0 Å². The largest absolute Gasteiger partial charge is 0.497 e. The smallest absolute Gasteiger partial charge is 0.414 e. The Hall–Kier alpha value is -1.96. The second-order valence-corrected chi connectivity index (χ2v) is 3.70. The minimum absolute atomic E-state index is 0.0214.